The molecule has 1 aromatic carbocycles. The van der Waals surface area contributed by atoms with Crippen LogP contribution >= 0.6 is 0 Å². The van der Waals surface area contributed by atoms with Gasteiger partial charge in [-0.05, 0) is 30.0 Å². The van der Waals surface area contributed by atoms with Crippen molar-refractivity contribution in [2.45, 2.75) is 32.1 Å². The van der Waals surface area contributed by atoms with Gasteiger partial charge in [-0.3, -0.25) is 24.4 Å². The predicted octanol–water partition coefficient (Wildman–Crippen LogP) is 3.16. The molecule has 2 aliphatic heterocycles. The Kier molecular flexibility index (Phi) is 4.63. The fraction of sp³-hybridized carbons (Fsp3) is 0.259. The quantitative estimate of drug-likeness (QED) is 0.707. The summed E-state index contributed by atoms with van der Waals surface area (Å²) in [6.45, 7) is 4.04. The van der Waals surface area contributed by atoms with Crippen molar-refractivity contribution in [1.29, 1.82) is 5.26 Å². The smallest absolute Gasteiger partial charge is 0.248 e. The molecule has 1 atom stereocenters. The molecule has 0 radical (unpaired) electrons. The number of nitriles is 1. The number of carbonyl (C=O) groups excluding carboxylic acids is 2. The van der Waals surface area contributed by atoms with Crippen LogP contribution in [0.2, 0.25) is 0 Å². The summed E-state index contributed by atoms with van der Waals surface area (Å²) in [6.07, 6.45) is 9.60. The number of para-hydroxylation sites is 1. The van der Waals surface area contributed by atoms with Gasteiger partial charge in [0.2, 0.25) is 5.91 Å². The van der Waals surface area contributed by atoms with Crippen LogP contribution in [0.4, 0.5) is 11.4 Å². The Balaban J connectivity index is 1.92. The van der Waals surface area contributed by atoms with E-state index in [1.165, 1.54) is 4.90 Å². The van der Waals surface area contributed by atoms with Crippen LogP contribution in [0.5, 0.6) is 0 Å². The SMILES string of the molecule is C#CCN1C(=O)[C@@]2(C(C#N)=C(N)N(c3cccnc3)C3=C2C(=O)CC(C)(C)C3)c2ccccc21. The summed E-state index contributed by atoms with van der Waals surface area (Å²) in [7, 11) is 0. The summed E-state index contributed by atoms with van der Waals surface area (Å²) in [6, 6.07) is 13.0. The normalized spacial score (nSPS) is 23.1. The average molecular weight is 450 g/mol. The van der Waals surface area contributed by atoms with Gasteiger partial charge in [-0.15, -0.1) is 6.42 Å². The molecule has 1 aromatic heterocycles. The molecular weight excluding hydrogens is 426 g/mol. The number of terminal acetylenes is 1. The highest BCUT2D eigenvalue weighted by Gasteiger charge is 2.63. The Hall–Kier alpha value is -4.36. The first-order valence-corrected chi connectivity index (χ1v) is 11.0. The van der Waals surface area contributed by atoms with Gasteiger partial charge in [-0.2, -0.15) is 5.26 Å². The standard InChI is InChI=1S/C27H23N5O2/c1-4-12-31-20-10-6-5-9-18(20)27(25(31)34)19(15-28)24(29)32(17-8-7-11-30-16-17)21-13-26(2,3)14-22(33)23(21)27/h1,5-11,16H,12-14,29H2,2-3H3/t27-/m1/s1. The van der Waals surface area contributed by atoms with Gasteiger partial charge in [0, 0.05) is 35.1 Å². The Labute approximate surface area is 198 Å². The number of rotatable bonds is 2. The second-order valence-corrected chi connectivity index (χ2v) is 9.54. The third-order valence-corrected chi connectivity index (χ3v) is 6.80. The van der Waals surface area contributed by atoms with Gasteiger partial charge in [0.05, 0.1) is 24.0 Å². The van der Waals surface area contributed by atoms with E-state index >= 15 is 0 Å². The Bertz CT molecular complexity index is 1390. The molecular formula is C27H23N5O2. The summed E-state index contributed by atoms with van der Waals surface area (Å²) in [4.78, 5) is 35.5. The maximum atomic E-state index is 14.2. The number of nitrogens with two attached hydrogens (primary N) is 1. The molecule has 34 heavy (non-hydrogen) atoms. The zero-order valence-electron chi connectivity index (χ0n) is 19.0. The number of ketones is 1. The molecule has 7 heteroatoms. The van der Waals surface area contributed by atoms with Crippen molar-refractivity contribution in [3.8, 4) is 18.4 Å². The molecule has 0 fully saturated rings. The van der Waals surface area contributed by atoms with E-state index in [-0.39, 0.29) is 35.6 Å². The molecule has 0 bridgehead atoms. The van der Waals surface area contributed by atoms with Crippen LogP contribution in [0.15, 0.2) is 71.5 Å². The van der Waals surface area contributed by atoms with Crippen LogP contribution < -0.4 is 15.5 Å². The number of Topliss-reactive ketones (excluding diaryl/α,β-unsaturated/α-hetero) is 1. The highest BCUT2D eigenvalue weighted by molar-refractivity contribution is 6.21. The van der Waals surface area contributed by atoms with Crippen molar-refractivity contribution < 1.29 is 9.59 Å². The predicted molar refractivity (Wildman–Crippen MR) is 128 cm³/mol. The molecule has 1 amide bonds. The third kappa shape index (κ3) is 2.67. The number of pyridine rings is 1. The Morgan fingerprint density at radius 2 is 1.94 bits per heavy atom. The fourth-order valence-corrected chi connectivity index (χ4v) is 5.59. The van der Waals surface area contributed by atoms with E-state index in [1.54, 1.807) is 47.6 Å². The van der Waals surface area contributed by atoms with Crippen LogP contribution in [0.3, 0.4) is 0 Å². The third-order valence-electron chi connectivity index (χ3n) is 6.80. The van der Waals surface area contributed by atoms with Gasteiger partial charge in [0.25, 0.3) is 0 Å². The molecule has 3 heterocycles. The van der Waals surface area contributed by atoms with Gasteiger partial charge in [0.1, 0.15) is 17.3 Å². The minimum atomic E-state index is -1.63. The second-order valence-electron chi connectivity index (χ2n) is 9.54. The van der Waals surface area contributed by atoms with E-state index in [1.807, 2.05) is 19.9 Å². The van der Waals surface area contributed by atoms with E-state index in [0.717, 1.165) is 0 Å². The molecule has 7 nitrogen and oxygen atoms in total. The van der Waals surface area contributed by atoms with Gasteiger partial charge >= 0.3 is 0 Å². The zero-order valence-corrected chi connectivity index (χ0v) is 19.0. The van der Waals surface area contributed by atoms with Crippen molar-refractivity contribution in [3.05, 3.63) is 77.0 Å². The minimum absolute atomic E-state index is 0.0187. The summed E-state index contributed by atoms with van der Waals surface area (Å²) in [5.41, 5.74) is 7.43. The number of nitrogens with zero attached hydrogens (tertiary/aromatic N) is 4. The summed E-state index contributed by atoms with van der Waals surface area (Å²) < 4.78 is 0. The maximum Gasteiger partial charge on any atom is 0.248 e. The van der Waals surface area contributed by atoms with E-state index < -0.39 is 11.3 Å². The summed E-state index contributed by atoms with van der Waals surface area (Å²) in [5, 5.41) is 10.4. The molecule has 1 aliphatic carbocycles. The van der Waals surface area contributed by atoms with Crippen molar-refractivity contribution >= 4 is 23.1 Å². The average Bonchev–Trinajstić information content (AvgIpc) is 3.03. The molecule has 0 saturated heterocycles. The van der Waals surface area contributed by atoms with Crippen LogP contribution in [0.25, 0.3) is 0 Å². The first-order chi connectivity index (χ1) is 16.3. The minimum Gasteiger partial charge on any atom is -0.384 e. The molecule has 168 valence electrons. The van der Waals surface area contributed by atoms with Crippen molar-refractivity contribution in [3.63, 3.8) is 0 Å². The monoisotopic (exact) mass is 449 g/mol. The molecule has 3 aliphatic rings. The van der Waals surface area contributed by atoms with Gasteiger partial charge in [-0.25, -0.2) is 0 Å². The first kappa shape index (κ1) is 21.5. The molecule has 0 unspecified atom stereocenters. The number of hydrogen-bond acceptors (Lipinski definition) is 6. The van der Waals surface area contributed by atoms with E-state index in [2.05, 4.69) is 17.0 Å². The largest absolute Gasteiger partial charge is 0.384 e. The molecule has 2 N–H and O–H groups in total. The lowest BCUT2D eigenvalue weighted by Gasteiger charge is -2.46. The molecule has 2 aromatic rings. The Morgan fingerprint density at radius 1 is 1.18 bits per heavy atom. The number of benzene rings is 1. The zero-order chi connectivity index (χ0) is 24.3. The topological polar surface area (TPSA) is 103 Å². The van der Waals surface area contributed by atoms with Crippen LogP contribution in [0.1, 0.15) is 32.3 Å². The highest BCUT2D eigenvalue weighted by atomic mass is 16.2. The van der Waals surface area contributed by atoms with Crippen LogP contribution in [0, 0.1) is 29.1 Å². The van der Waals surface area contributed by atoms with Crippen molar-refractivity contribution in [2.24, 2.45) is 11.1 Å². The summed E-state index contributed by atoms with van der Waals surface area (Å²) in [5.74, 6) is 2.06. The first-order valence-electron chi connectivity index (χ1n) is 11.0. The van der Waals surface area contributed by atoms with Crippen molar-refractivity contribution in [1.82, 2.24) is 4.98 Å². The lowest BCUT2D eigenvalue weighted by molar-refractivity contribution is -0.125. The number of hydrogen-bond donors (Lipinski definition) is 1. The van der Waals surface area contributed by atoms with Gasteiger partial charge in [-0.1, -0.05) is 38.0 Å². The van der Waals surface area contributed by atoms with Crippen molar-refractivity contribution in [2.75, 3.05) is 16.3 Å². The number of fused-ring (bicyclic) bond motifs is 3. The lowest BCUT2D eigenvalue weighted by Crippen LogP contribution is -2.53. The van der Waals surface area contributed by atoms with Gasteiger partial charge < -0.3 is 5.73 Å². The summed E-state index contributed by atoms with van der Waals surface area (Å²) >= 11 is 0. The number of allylic oxidation sites excluding steroid dienone is 1. The lowest BCUT2D eigenvalue weighted by atomic mass is 9.60. The molecule has 1 spiro atoms. The number of anilines is 2. The van der Waals surface area contributed by atoms with Crippen LogP contribution in [-0.2, 0) is 15.0 Å². The maximum absolute atomic E-state index is 14.2. The van der Waals surface area contributed by atoms with E-state index in [4.69, 9.17) is 12.2 Å². The van der Waals surface area contributed by atoms with E-state index in [0.29, 0.717) is 34.6 Å². The van der Waals surface area contributed by atoms with Gasteiger partial charge in [0.15, 0.2) is 5.78 Å². The molecule has 5 rings (SSSR count). The molecule has 0 saturated carbocycles. The fourth-order valence-electron chi connectivity index (χ4n) is 5.59. The second kappa shape index (κ2) is 7.33. The number of aromatic nitrogens is 1. The van der Waals surface area contributed by atoms with E-state index in [9.17, 15) is 14.9 Å². The number of amides is 1. The highest BCUT2D eigenvalue weighted by Crippen LogP contribution is 2.58. The Morgan fingerprint density at radius 3 is 2.62 bits per heavy atom. The number of carbonyl (C=O) groups is 2. The van der Waals surface area contributed by atoms with Crippen LogP contribution in [-0.4, -0.2) is 23.2 Å².